The molecule has 0 aliphatic heterocycles. The van der Waals surface area contributed by atoms with Crippen molar-refractivity contribution in [2.45, 2.75) is 37.3 Å². The summed E-state index contributed by atoms with van der Waals surface area (Å²) in [6.07, 6.45) is 3.12. The van der Waals surface area contributed by atoms with Gasteiger partial charge in [-0.2, -0.15) is 4.31 Å². The van der Waals surface area contributed by atoms with Gasteiger partial charge in [-0.15, -0.1) is 0 Å². The maximum Gasteiger partial charge on any atom is 0.244 e. The molecule has 0 aliphatic rings. The molecule has 0 unspecified atom stereocenters. The molecule has 11 heteroatoms. The van der Waals surface area contributed by atoms with Crippen LogP contribution < -0.4 is 14.8 Å². The van der Waals surface area contributed by atoms with E-state index < -0.39 is 28.1 Å². The van der Waals surface area contributed by atoms with E-state index in [0.29, 0.717) is 5.56 Å². The summed E-state index contributed by atoms with van der Waals surface area (Å²) in [6.45, 7) is 3.67. The topological polar surface area (TPSA) is 138 Å². The molecule has 0 saturated carbocycles. The van der Waals surface area contributed by atoms with Crippen molar-refractivity contribution in [3.63, 3.8) is 0 Å². The third-order valence-corrected chi connectivity index (χ3v) is 8.05. The number of carbonyl (C=O) groups is 1. The molecule has 1 heterocycles. The number of pyridine rings is 1. The summed E-state index contributed by atoms with van der Waals surface area (Å²) in [4.78, 5) is 16.9. The number of methoxy groups -OCH3 is 2. The third-order valence-electron chi connectivity index (χ3n) is 6.24. The van der Waals surface area contributed by atoms with Gasteiger partial charge < -0.3 is 25.0 Å². The first kappa shape index (κ1) is 31.6. The molecule has 0 saturated heterocycles. The number of hydrogen-bond donors (Lipinski definition) is 3. The zero-order chi connectivity index (χ0) is 30.0. The van der Waals surface area contributed by atoms with E-state index in [9.17, 15) is 23.4 Å². The van der Waals surface area contributed by atoms with Crippen molar-refractivity contribution in [2.24, 2.45) is 5.92 Å². The number of aliphatic hydroxyl groups is 1. The van der Waals surface area contributed by atoms with Crippen molar-refractivity contribution in [1.82, 2.24) is 14.6 Å². The molecule has 3 rings (SSSR count). The summed E-state index contributed by atoms with van der Waals surface area (Å²) in [5.74, 6) is 0.0176. The third kappa shape index (κ3) is 9.04. The minimum absolute atomic E-state index is 0.0218. The Morgan fingerprint density at radius 2 is 1.78 bits per heavy atom. The Balaban J connectivity index is 1.84. The largest absolute Gasteiger partial charge is 0.504 e. The van der Waals surface area contributed by atoms with Crippen molar-refractivity contribution >= 4 is 22.0 Å². The Morgan fingerprint density at radius 1 is 1.05 bits per heavy atom. The van der Waals surface area contributed by atoms with Gasteiger partial charge in [0.15, 0.2) is 11.5 Å². The number of rotatable bonds is 14. The van der Waals surface area contributed by atoms with Crippen LogP contribution in [0.4, 0.5) is 0 Å². The van der Waals surface area contributed by atoms with E-state index in [-0.39, 0.29) is 47.7 Å². The van der Waals surface area contributed by atoms with Gasteiger partial charge in [0.05, 0.1) is 32.6 Å². The minimum Gasteiger partial charge on any atom is -0.504 e. The van der Waals surface area contributed by atoms with Crippen LogP contribution in [0.15, 0.2) is 77.8 Å². The average molecular weight is 584 g/mol. The molecule has 3 aromatic rings. The van der Waals surface area contributed by atoms with Gasteiger partial charge in [0.1, 0.15) is 4.90 Å². The van der Waals surface area contributed by atoms with Gasteiger partial charge in [-0.25, -0.2) is 13.4 Å². The van der Waals surface area contributed by atoms with Gasteiger partial charge in [-0.05, 0) is 47.7 Å². The Kier molecular flexibility index (Phi) is 11.3. The maximum absolute atomic E-state index is 13.5. The molecule has 0 spiro atoms. The number of amides is 1. The molecule has 1 aromatic heterocycles. The van der Waals surface area contributed by atoms with Crippen molar-refractivity contribution in [3.8, 4) is 17.4 Å². The number of nitrogens with zero attached hydrogens (tertiary/aromatic N) is 2. The number of ether oxygens (including phenoxy) is 2. The summed E-state index contributed by atoms with van der Waals surface area (Å²) in [5.41, 5.74) is 1.49. The van der Waals surface area contributed by atoms with E-state index in [1.165, 1.54) is 49.0 Å². The lowest BCUT2D eigenvalue weighted by Gasteiger charge is -2.30. The van der Waals surface area contributed by atoms with Crippen molar-refractivity contribution < 1.29 is 32.9 Å². The molecule has 0 bridgehead atoms. The van der Waals surface area contributed by atoms with Crippen LogP contribution in [-0.4, -0.2) is 73.3 Å². The highest BCUT2D eigenvalue weighted by Crippen LogP contribution is 2.26. The summed E-state index contributed by atoms with van der Waals surface area (Å²) in [5, 5.41) is 24.0. The highest BCUT2D eigenvalue weighted by molar-refractivity contribution is 7.89. The molecule has 0 aliphatic carbocycles. The second-order valence-corrected chi connectivity index (χ2v) is 11.8. The van der Waals surface area contributed by atoms with E-state index in [0.717, 1.165) is 5.56 Å². The summed E-state index contributed by atoms with van der Waals surface area (Å²) >= 11 is 0. The second-order valence-electron chi connectivity index (χ2n) is 9.89. The van der Waals surface area contributed by atoms with Gasteiger partial charge in [0, 0.05) is 25.2 Å². The Morgan fingerprint density at radius 3 is 2.39 bits per heavy atom. The fourth-order valence-electron chi connectivity index (χ4n) is 4.15. The molecule has 3 N–H and O–H groups in total. The lowest BCUT2D eigenvalue weighted by atomic mass is 10.0. The first-order valence-electron chi connectivity index (χ1n) is 13.1. The lowest BCUT2D eigenvalue weighted by Crippen LogP contribution is -2.50. The molecule has 2 aromatic carbocycles. The molecular formula is C30H37N3O7S. The number of nitrogens with one attached hydrogen (secondary N) is 1. The predicted molar refractivity (Wildman–Crippen MR) is 156 cm³/mol. The van der Waals surface area contributed by atoms with Gasteiger partial charge in [-0.1, -0.05) is 50.2 Å². The number of carbonyl (C=O) groups excluding carboxylic acids is 1. The molecule has 1 amide bonds. The average Bonchev–Trinajstić information content (AvgIpc) is 2.96. The Hall–Kier alpha value is -3.93. The van der Waals surface area contributed by atoms with E-state index in [4.69, 9.17) is 9.47 Å². The second kappa shape index (κ2) is 14.6. The van der Waals surface area contributed by atoms with Gasteiger partial charge in [0.2, 0.25) is 21.8 Å². The van der Waals surface area contributed by atoms with Crippen molar-refractivity contribution in [2.75, 3.05) is 27.3 Å². The van der Waals surface area contributed by atoms with Crippen LogP contribution in [-0.2, 0) is 21.2 Å². The molecule has 2 atom stereocenters. The smallest absolute Gasteiger partial charge is 0.244 e. The van der Waals surface area contributed by atoms with E-state index >= 15 is 0 Å². The number of aromatic hydroxyl groups is 1. The number of hydrogen-bond acceptors (Lipinski definition) is 8. The summed E-state index contributed by atoms with van der Waals surface area (Å²) in [6, 6.07) is 16.0. The number of benzene rings is 2. The molecule has 10 nitrogen and oxygen atoms in total. The lowest BCUT2D eigenvalue weighted by molar-refractivity contribution is -0.118. The van der Waals surface area contributed by atoms with Crippen LogP contribution >= 0.6 is 0 Å². The van der Waals surface area contributed by atoms with Crippen LogP contribution in [0, 0.1) is 5.92 Å². The molecule has 220 valence electrons. The number of phenolic OH excluding ortho intramolecular Hbond substituents is 1. The van der Waals surface area contributed by atoms with Crippen molar-refractivity contribution in [1.29, 1.82) is 0 Å². The van der Waals surface area contributed by atoms with Crippen molar-refractivity contribution in [3.05, 3.63) is 84.1 Å². The predicted octanol–water partition coefficient (Wildman–Crippen LogP) is 3.25. The van der Waals surface area contributed by atoms with E-state index in [1.807, 2.05) is 44.2 Å². The fraction of sp³-hybridized carbons (Fsp3) is 0.333. The highest BCUT2D eigenvalue weighted by atomic mass is 32.2. The van der Waals surface area contributed by atoms with E-state index in [1.54, 1.807) is 18.2 Å². The minimum atomic E-state index is -4.01. The van der Waals surface area contributed by atoms with Crippen LogP contribution in [0.5, 0.6) is 17.4 Å². The molecule has 0 fully saturated rings. The summed E-state index contributed by atoms with van der Waals surface area (Å²) < 4.78 is 38.5. The first-order chi connectivity index (χ1) is 19.5. The summed E-state index contributed by atoms with van der Waals surface area (Å²) in [7, 11) is -1.14. The first-order valence-corrected chi connectivity index (χ1v) is 14.5. The van der Waals surface area contributed by atoms with Gasteiger partial charge in [0.25, 0.3) is 0 Å². The zero-order valence-electron chi connectivity index (χ0n) is 23.6. The van der Waals surface area contributed by atoms with Crippen LogP contribution in [0.1, 0.15) is 25.0 Å². The number of sulfonamides is 1. The zero-order valence-corrected chi connectivity index (χ0v) is 24.4. The Labute approximate surface area is 241 Å². The molecule has 0 radical (unpaired) electrons. The van der Waals surface area contributed by atoms with Gasteiger partial charge in [-0.3, -0.25) is 4.79 Å². The maximum atomic E-state index is 13.5. The molecule has 41 heavy (non-hydrogen) atoms. The van der Waals surface area contributed by atoms with Crippen LogP contribution in [0.3, 0.4) is 0 Å². The number of aromatic nitrogens is 1. The fourth-order valence-corrected chi connectivity index (χ4v) is 5.72. The quantitative estimate of drug-likeness (QED) is 0.246. The molecular weight excluding hydrogens is 546 g/mol. The SMILES string of the molecule is COc1ccc(S(=O)(=O)N(CC(C)C)C[C@@H](O)[C@H](Cc2ccccc2)NC(=O)/C=C/c2ccc(O)c(OC)c2)cn1. The Bertz CT molecular complexity index is 1410. The monoisotopic (exact) mass is 583 g/mol. The number of phenols is 1. The van der Waals surface area contributed by atoms with Crippen LogP contribution in [0.25, 0.3) is 6.08 Å². The number of aliphatic hydroxyl groups excluding tert-OH is 1. The standard InChI is InChI=1S/C30H37N3O7S/c1-21(2)19-33(41(37,38)24-12-15-30(40-4)31-18-24)20-27(35)25(16-22-8-6-5-7-9-22)32-29(36)14-11-23-10-13-26(34)28(17-23)39-3/h5-15,17-18,21,25,27,34-35H,16,19-20H2,1-4H3,(H,32,36)/b14-11+/t25-,27+/m0/s1. The van der Waals surface area contributed by atoms with E-state index in [2.05, 4.69) is 10.3 Å². The normalized spacial score (nSPS) is 13.3. The van der Waals surface area contributed by atoms with Gasteiger partial charge >= 0.3 is 0 Å². The van der Waals surface area contributed by atoms with Crippen LogP contribution in [0.2, 0.25) is 0 Å². The highest BCUT2D eigenvalue weighted by Gasteiger charge is 2.31.